The Kier molecular flexibility index (Phi) is 5.26. The molecule has 0 radical (unpaired) electrons. The lowest BCUT2D eigenvalue weighted by Gasteiger charge is -2.28. The lowest BCUT2D eigenvalue weighted by Crippen LogP contribution is -2.25. The van der Waals surface area contributed by atoms with Gasteiger partial charge in [-0.15, -0.1) is 0 Å². The lowest BCUT2D eigenvalue weighted by molar-refractivity contribution is 0.0195. The largest absolute Gasteiger partial charge is 0.385 e. The van der Waals surface area contributed by atoms with E-state index < -0.39 is 5.60 Å². The van der Waals surface area contributed by atoms with Crippen LogP contribution in [0.2, 0.25) is 0 Å². The molecule has 1 heteroatoms. The highest BCUT2D eigenvalue weighted by molar-refractivity contribution is 5.28. The van der Waals surface area contributed by atoms with Gasteiger partial charge in [-0.1, -0.05) is 57.9 Å². The van der Waals surface area contributed by atoms with E-state index in [0.29, 0.717) is 5.92 Å². The standard InChI is InChI=1S/C19H30O/c1-4-16-8-6-11-19(20,12-10-16)18-9-5-7-17(14-18)13-15(2)3/h5,7,9,14-16,20H,4,6,8,10-13H2,1-3H3. The second kappa shape index (κ2) is 6.76. The van der Waals surface area contributed by atoms with Crippen molar-refractivity contribution >= 4 is 0 Å². The Bertz CT molecular complexity index is 424. The van der Waals surface area contributed by atoms with Gasteiger partial charge >= 0.3 is 0 Å². The van der Waals surface area contributed by atoms with Gasteiger partial charge in [-0.3, -0.25) is 0 Å². The van der Waals surface area contributed by atoms with Crippen LogP contribution in [-0.2, 0) is 12.0 Å². The molecule has 1 aromatic carbocycles. The SMILES string of the molecule is CCC1CCCC(O)(c2cccc(CC(C)C)c2)CC1. The molecule has 0 aromatic heterocycles. The molecule has 1 N–H and O–H groups in total. The summed E-state index contributed by atoms with van der Waals surface area (Å²) in [6.07, 6.45) is 7.81. The normalized spacial score (nSPS) is 27.6. The van der Waals surface area contributed by atoms with Crippen molar-refractivity contribution < 1.29 is 5.11 Å². The quantitative estimate of drug-likeness (QED) is 0.761. The van der Waals surface area contributed by atoms with Gasteiger partial charge in [-0.2, -0.15) is 0 Å². The highest BCUT2D eigenvalue weighted by atomic mass is 16.3. The number of rotatable bonds is 4. The first-order valence-electron chi connectivity index (χ1n) is 8.35. The van der Waals surface area contributed by atoms with Crippen molar-refractivity contribution in [2.75, 3.05) is 0 Å². The van der Waals surface area contributed by atoms with Gasteiger partial charge in [0, 0.05) is 0 Å². The Labute approximate surface area is 124 Å². The third-order valence-corrected chi connectivity index (χ3v) is 4.85. The molecule has 0 amide bonds. The van der Waals surface area contributed by atoms with E-state index in [-0.39, 0.29) is 0 Å². The van der Waals surface area contributed by atoms with Crippen LogP contribution in [0.3, 0.4) is 0 Å². The molecule has 0 aliphatic heterocycles. The maximum absolute atomic E-state index is 11.1. The first-order valence-corrected chi connectivity index (χ1v) is 8.35. The van der Waals surface area contributed by atoms with Crippen LogP contribution >= 0.6 is 0 Å². The van der Waals surface area contributed by atoms with Gasteiger partial charge in [0.05, 0.1) is 5.60 Å². The minimum Gasteiger partial charge on any atom is -0.385 e. The smallest absolute Gasteiger partial charge is 0.0896 e. The van der Waals surface area contributed by atoms with Crippen molar-refractivity contribution in [3.8, 4) is 0 Å². The fourth-order valence-corrected chi connectivity index (χ4v) is 3.55. The molecule has 0 saturated heterocycles. The summed E-state index contributed by atoms with van der Waals surface area (Å²) >= 11 is 0. The Morgan fingerprint density at radius 3 is 2.75 bits per heavy atom. The van der Waals surface area contributed by atoms with Gasteiger partial charge in [0.25, 0.3) is 0 Å². The molecule has 20 heavy (non-hydrogen) atoms. The lowest BCUT2D eigenvalue weighted by atomic mass is 9.84. The third-order valence-electron chi connectivity index (χ3n) is 4.85. The maximum Gasteiger partial charge on any atom is 0.0896 e. The summed E-state index contributed by atoms with van der Waals surface area (Å²) in [6.45, 7) is 6.77. The van der Waals surface area contributed by atoms with E-state index in [0.717, 1.165) is 37.2 Å². The molecule has 2 rings (SSSR count). The average molecular weight is 274 g/mol. The molecule has 2 atom stereocenters. The Hall–Kier alpha value is -0.820. The van der Waals surface area contributed by atoms with Crippen molar-refractivity contribution in [2.45, 2.75) is 71.3 Å². The van der Waals surface area contributed by atoms with E-state index in [2.05, 4.69) is 45.0 Å². The molecule has 2 unspecified atom stereocenters. The molecule has 0 bridgehead atoms. The van der Waals surface area contributed by atoms with Gasteiger partial charge in [0.2, 0.25) is 0 Å². The van der Waals surface area contributed by atoms with E-state index in [1.165, 1.54) is 24.8 Å². The summed E-state index contributed by atoms with van der Waals surface area (Å²) in [5, 5.41) is 11.1. The zero-order chi connectivity index (χ0) is 14.6. The van der Waals surface area contributed by atoms with Crippen molar-refractivity contribution in [3.05, 3.63) is 35.4 Å². The zero-order valence-electron chi connectivity index (χ0n) is 13.4. The third kappa shape index (κ3) is 3.85. The summed E-state index contributed by atoms with van der Waals surface area (Å²) in [5.41, 5.74) is 1.92. The Balaban J connectivity index is 2.16. The van der Waals surface area contributed by atoms with E-state index in [4.69, 9.17) is 0 Å². The fraction of sp³-hybridized carbons (Fsp3) is 0.684. The summed E-state index contributed by atoms with van der Waals surface area (Å²) in [7, 11) is 0. The fourth-order valence-electron chi connectivity index (χ4n) is 3.55. The minimum absolute atomic E-state index is 0.586. The van der Waals surface area contributed by atoms with E-state index in [1.807, 2.05) is 0 Å². The first kappa shape index (κ1) is 15.6. The van der Waals surface area contributed by atoms with E-state index in [1.54, 1.807) is 0 Å². The molecule has 1 aromatic rings. The monoisotopic (exact) mass is 274 g/mol. The molecule has 1 fully saturated rings. The van der Waals surface area contributed by atoms with Crippen molar-refractivity contribution in [1.29, 1.82) is 0 Å². The van der Waals surface area contributed by atoms with Crippen molar-refractivity contribution in [1.82, 2.24) is 0 Å². The van der Waals surface area contributed by atoms with Gasteiger partial charge in [0.1, 0.15) is 0 Å². The molecule has 0 heterocycles. The minimum atomic E-state index is -0.586. The number of hydrogen-bond acceptors (Lipinski definition) is 1. The van der Waals surface area contributed by atoms with Crippen LogP contribution in [0.4, 0.5) is 0 Å². The summed E-state index contributed by atoms with van der Waals surface area (Å²) in [5.74, 6) is 1.47. The molecule has 1 aliphatic carbocycles. The first-order chi connectivity index (χ1) is 9.53. The molecule has 1 nitrogen and oxygen atoms in total. The average Bonchev–Trinajstić information content (AvgIpc) is 2.61. The van der Waals surface area contributed by atoms with Gasteiger partial charge in [-0.25, -0.2) is 0 Å². The number of benzene rings is 1. The highest BCUT2D eigenvalue weighted by Crippen LogP contribution is 2.38. The van der Waals surface area contributed by atoms with Gasteiger partial charge in [0.15, 0.2) is 0 Å². The molecule has 1 saturated carbocycles. The van der Waals surface area contributed by atoms with Crippen LogP contribution in [0.25, 0.3) is 0 Å². The van der Waals surface area contributed by atoms with Crippen LogP contribution < -0.4 is 0 Å². The highest BCUT2D eigenvalue weighted by Gasteiger charge is 2.32. The van der Waals surface area contributed by atoms with Crippen LogP contribution in [0.5, 0.6) is 0 Å². The maximum atomic E-state index is 11.1. The van der Waals surface area contributed by atoms with Gasteiger partial charge < -0.3 is 5.11 Å². The summed E-state index contributed by atoms with van der Waals surface area (Å²) < 4.78 is 0. The summed E-state index contributed by atoms with van der Waals surface area (Å²) in [4.78, 5) is 0. The van der Waals surface area contributed by atoms with Crippen molar-refractivity contribution in [3.63, 3.8) is 0 Å². The van der Waals surface area contributed by atoms with Crippen LogP contribution in [0.15, 0.2) is 24.3 Å². The van der Waals surface area contributed by atoms with Crippen LogP contribution in [0, 0.1) is 11.8 Å². The predicted octanol–water partition coefficient (Wildman–Crippen LogP) is 5.06. The Morgan fingerprint density at radius 2 is 2.05 bits per heavy atom. The van der Waals surface area contributed by atoms with E-state index >= 15 is 0 Å². The van der Waals surface area contributed by atoms with Crippen molar-refractivity contribution in [2.24, 2.45) is 11.8 Å². The van der Waals surface area contributed by atoms with Crippen LogP contribution in [0.1, 0.15) is 70.4 Å². The Morgan fingerprint density at radius 1 is 1.25 bits per heavy atom. The molecular weight excluding hydrogens is 244 g/mol. The predicted molar refractivity (Wildman–Crippen MR) is 85.7 cm³/mol. The topological polar surface area (TPSA) is 20.2 Å². The number of aliphatic hydroxyl groups is 1. The van der Waals surface area contributed by atoms with E-state index in [9.17, 15) is 5.11 Å². The number of hydrogen-bond donors (Lipinski definition) is 1. The summed E-state index contributed by atoms with van der Waals surface area (Å²) in [6, 6.07) is 8.67. The molecular formula is C19H30O. The molecule has 1 aliphatic rings. The van der Waals surface area contributed by atoms with Crippen LogP contribution in [-0.4, -0.2) is 5.11 Å². The molecule has 0 spiro atoms. The van der Waals surface area contributed by atoms with Gasteiger partial charge in [-0.05, 0) is 55.1 Å². The second-order valence-electron chi connectivity index (χ2n) is 7.04. The molecule has 112 valence electrons. The second-order valence-corrected chi connectivity index (χ2v) is 7.04. The zero-order valence-corrected chi connectivity index (χ0v) is 13.4.